The first-order valence-electron chi connectivity index (χ1n) is 7.61. The number of para-hydroxylation sites is 1. The van der Waals surface area contributed by atoms with Gasteiger partial charge in [0.2, 0.25) is 11.2 Å². The van der Waals surface area contributed by atoms with Gasteiger partial charge in [-0.2, -0.15) is 0 Å². The summed E-state index contributed by atoms with van der Waals surface area (Å²) in [5.74, 6) is -0.577. The maximum Gasteiger partial charge on any atom is 0.344 e. The molecular formula is C19H16O6. The fourth-order valence-corrected chi connectivity index (χ4v) is 2.41. The highest BCUT2D eigenvalue weighted by Crippen LogP contribution is 2.33. The van der Waals surface area contributed by atoms with E-state index >= 15 is 0 Å². The van der Waals surface area contributed by atoms with E-state index in [2.05, 4.69) is 0 Å². The summed E-state index contributed by atoms with van der Waals surface area (Å²) in [6.07, 6.45) is -1.20. The molecule has 0 fully saturated rings. The molecule has 0 aliphatic heterocycles. The zero-order valence-corrected chi connectivity index (χ0v) is 13.7. The van der Waals surface area contributed by atoms with Gasteiger partial charge in [-0.3, -0.25) is 4.79 Å². The maximum absolute atomic E-state index is 12.8. The van der Waals surface area contributed by atoms with Gasteiger partial charge in [-0.15, -0.1) is 0 Å². The van der Waals surface area contributed by atoms with Gasteiger partial charge in [-0.05, 0) is 31.2 Å². The maximum atomic E-state index is 12.8. The molecule has 1 aromatic heterocycles. The molecular weight excluding hydrogens is 324 g/mol. The first-order chi connectivity index (χ1) is 12.0. The zero-order chi connectivity index (χ0) is 18.0. The Bertz CT molecular complexity index is 989. The molecule has 6 heteroatoms. The second-order valence-corrected chi connectivity index (χ2v) is 5.42. The molecule has 0 aliphatic carbocycles. The van der Waals surface area contributed by atoms with E-state index in [1.165, 1.54) is 14.0 Å². The predicted octanol–water partition coefficient (Wildman–Crippen LogP) is 3.32. The van der Waals surface area contributed by atoms with Crippen molar-refractivity contribution in [1.82, 2.24) is 0 Å². The molecule has 1 heterocycles. The number of methoxy groups -OCH3 is 1. The molecule has 2 aromatic carbocycles. The predicted molar refractivity (Wildman–Crippen MR) is 92.2 cm³/mol. The summed E-state index contributed by atoms with van der Waals surface area (Å²) in [5.41, 5.74) is 0.517. The highest BCUT2D eigenvalue weighted by atomic mass is 16.5. The first kappa shape index (κ1) is 16.6. The van der Waals surface area contributed by atoms with Crippen LogP contribution >= 0.6 is 0 Å². The normalized spacial score (nSPS) is 11.9. The molecule has 25 heavy (non-hydrogen) atoms. The molecule has 128 valence electrons. The molecule has 0 saturated heterocycles. The Morgan fingerprint density at radius 1 is 1.16 bits per heavy atom. The molecule has 1 N–H and O–H groups in total. The van der Waals surface area contributed by atoms with Crippen molar-refractivity contribution in [3.05, 3.63) is 58.8 Å². The lowest BCUT2D eigenvalue weighted by Gasteiger charge is -2.14. The lowest BCUT2D eigenvalue weighted by Crippen LogP contribution is -2.26. The topological polar surface area (TPSA) is 86.0 Å². The molecule has 0 saturated carbocycles. The third-order valence-electron chi connectivity index (χ3n) is 3.73. The fraction of sp³-hybridized carbons (Fsp3) is 0.158. The molecule has 0 radical (unpaired) electrons. The zero-order valence-electron chi connectivity index (χ0n) is 13.7. The van der Waals surface area contributed by atoms with Crippen LogP contribution in [0.3, 0.4) is 0 Å². The summed E-state index contributed by atoms with van der Waals surface area (Å²) >= 11 is 0. The largest absolute Gasteiger partial charge is 0.497 e. The van der Waals surface area contributed by atoms with Crippen LogP contribution in [0.5, 0.6) is 11.5 Å². The highest BCUT2D eigenvalue weighted by Gasteiger charge is 2.22. The van der Waals surface area contributed by atoms with Crippen molar-refractivity contribution in [1.29, 1.82) is 0 Å². The van der Waals surface area contributed by atoms with Crippen LogP contribution < -0.4 is 14.9 Å². The van der Waals surface area contributed by atoms with Crippen molar-refractivity contribution >= 4 is 16.9 Å². The smallest absolute Gasteiger partial charge is 0.344 e. The number of hydrogen-bond acceptors (Lipinski definition) is 5. The van der Waals surface area contributed by atoms with E-state index < -0.39 is 17.5 Å². The number of hydrogen-bond donors (Lipinski definition) is 1. The molecule has 3 rings (SSSR count). The van der Waals surface area contributed by atoms with E-state index in [1.54, 1.807) is 48.5 Å². The second kappa shape index (κ2) is 6.68. The van der Waals surface area contributed by atoms with Crippen LogP contribution in [0.2, 0.25) is 0 Å². The standard InChI is InChI=1S/C19H16O6/c1-11(19(21)22)24-18-16(20)14-8-3-4-9-15(14)25-17(18)12-6-5-7-13(10-12)23-2/h3-11H,1-2H3,(H,21,22). The van der Waals surface area contributed by atoms with Gasteiger partial charge in [0.15, 0.2) is 11.9 Å². The average Bonchev–Trinajstić information content (AvgIpc) is 2.63. The summed E-state index contributed by atoms with van der Waals surface area (Å²) in [4.78, 5) is 24.0. The van der Waals surface area contributed by atoms with Gasteiger partial charge in [0.1, 0.15) is 11.3 Å². The highest BCUT2D eigenvalue weighted by molar-refractivity contribution is 5.82. The summed E-state index contributed by atoms with van der Waals surface area (Å²) in [6.45, 7) is 1.35. The summed E-state index contributed by atoms with van der Waals surface area (Å²) in [5, 5.41) is 9.43. The van der Waals surface area contributed by atoms with Gasteiger partial charge in [0, 0.05) is 5.56 Å². The SMILES string of the molecule is COc1cccc(-c2oc3ccccc3c(=O)c2OC(C)C(=O)O)c1. The van der Waals surface area contributed by atoms with Crippen LogP contribution in [0.15, 0.2) is 57.7 Å². The Balaban J connectivity index is 2.27. The average molecular weight is 340 g/mol. The minimum absolute atomic E-state index is 0.137. The summed E-state index contributed by atoms with van der Waals surface area (Å²) in [6, 6.07) is 13.6. The van der Waals surface area contributed by atoms with Crippen molar-refractivity contribution in [2.75, 3.05) is 7.11 Å². The van der Waals surface area contributed by atoms with Gasteiger partial charge in [-0.25, -0.2) is 4.79 Å². The van der Waals surface area contributed by atoms with E-state index in [0.717, 1.165) is 0 Å². The minimum Gasteiger partial charge on any atom is -0.497 e. The van der Waals surface area contributed by atoms with Crippen LogP contribution in [0.25, 0.3) is 22.3 Å². The quantitative estimate of drug-likeness (QED) is 0.767. The Hall–Kier alpha value is -3.28. The van der Waals surface area contributed by atoms with E-state index in [1.807, 2.05) is 0 Å². The number of ether oxygens (including phenoxy) is 2. The number of carboxylic acid groups (broad SMARTS) is 1. The van der Waals surface area contributed by atoms with Crippen LogP contribution in [0.4, 0.5) is 0 Å². The van der Waals surface area contributed by atoms with Crippen molar-refractivity contribution in [3.63, 3.8) is 0 Å². The molecule has 0 bridgehead atoms. The molecule has 6 nitrogen and oxygen atoms in total. The van der Waals surface area contributed by atoms with E-state index in [-0.39, 0.29) is 11.5 Å². The van der Waals surface area contributed by atoms with Crippen molar-refractivity contribution in [2.24, 2.45) is 0 Å². The number of aliphatic carboxylic acids is 1. The van der Waals surface area contributed by atoms with Gasteiger partial charge < -0.3 is 19.0 Å². The Kier molecular flexibility index (Phi) is 4.43. The van der Waals surface area contributed by atoms with Gasteiger partial charge in [-0.1, -0.05) is 24.3 Å². The third-order valence-corrected chi connectivity index (χ3v) is 3.73. The number of carboxylic acids is 1. The van der Waals surface area contributed by atoms with Gasteiger partial charge in [0.05, 0.1) is 12.5 Å². The summed E-state index contributed by atoms with van der Waals surface area (Å²) < 4.78 is 16.5. The Morgan fingerprint density at radius 3 is 2.64 bits per heavy atom. The number of carbonyl (C=O) groups is 1. The van der Waals surface area contributed by atoms with Crippen molar-refractivity contribution in [3.8, 4) is 22.8 Å². The van der Waals surface area contributed by atoms with Crippen LogP contribution in [0, 0.1) is 0 Å². The number of benzene rings is 2. The van der Waals surface area contributed by atoms with Crippen LogP contribution in [0.1, 0.15) is 6.92 Å². The summed E-state index contributed by atoms with van der Waals surface area (Å²) in [7, 11) is 1.53. The molecule has 0 amide bonds. The fourth-order valence-electron chi connectivity index (χ4n) is 2.41. The molecule has 0 spiro atoms. The lowest BCUT2D eigenvalue weighted by molar-refractivity contribution is -0.144. The van der Waals surface area contributed by atoms with Crippen LogP contribution in [-0.4, -0.2) is 24.3 Å². The molecule has 0 aliphatic rings. The lowest BCUT2D eigenvalue weighted by atomic mass is 10.1. The monoisotopic (exact) mass is 340 g/mol. The van der Waals surface area contributed by atoms with Gasteiger partial charge in [0.25, 0.3) is 0 Å². The van der Waals surface area contributed by atoms with E-state index in [4.69, 9.17) is 19.0 Å². The molecule has 1 unspecified atom stereocenters. The minimum atomic E-state index is -1.20. The van der Waals surface area contributed by atoms with Gasteiger partial charge >= 0.3 is 5.97 Å². The second-order valence-electron chi connectivity index (χ2n) is 5.42. The first-order valence-corrected chi connectivity index (χ1v) is 7.61. The molecule has 3 aromatic rings. The Morgan fingerprint density at radius 2 is 1.92 bits per heavy atom. The van der Waals surface area contributed by atoms with E-state index in [9.17, 15) is 9.59 Å². The number of rotatable bonds is 5. The third kappa shape index (κ3) is 3.19. The Labute approximate surface area is 143 Å². The molecule has 1 atom stereocenters. The van der Waals surface area contributed by atoms with Crippen molar-refractivity contribution < 1.29 is 23.8 Å². The van der Waals surface area contributed by atoms with E-state index in [0.29, 0.717) is 22.3 Å². The number of fused-ring (bicyclic) bond motifs is 1. The van der Waals surface area contributed by atoms with Crippen molar-refractivity contribution in [2.45, 2.75) is 13.0 Å². The van der Waals surface area contributed by atoms with Crippen LogP contribution in [-0.2, 0) is 4.79 Å².